The quantitative estimate of drug-likeness (QED) is 0.870. The molecular weight excluding hydrogens is 260 g/mol. The lowest BCUT2D eigenvalue weighted by atomic mass is 10.0. The molecule has 3 unspecified atom stereocenters. The lowest BCUT2D eigenvalue weighted by molar-refractivity contribution is 0.271. The number of hydrogen-bond donors (Lipinski definition) is 1. The second-order valence-electron chi connectivity index (χ2n) is 6.48. The summed E-state index contributed by atoms with van der Waals surface area (Å²) < 4.78 is 5.80. The third-order valence-corrected chi connectivity index (χ3v) is 5.19. The van der Waals surface area contributed by atoms with Crippen molar-refractivity contribution < 1.29 is 4.74 Å². The van der Waals surface area contributed by atoms with E-state index < -0.39 is 0 Å². The molecule has 1 aromatic rings. The number of likely N-dealkylation sites (N-methyl/N-ethyl adjacent to an activating group) is 1. The normalized spacial score (nSPS) is 26.8. The number of nitrogens with zero attached hydrogens (tertiary/aromatic N) is 1. The second kappa shape index (κ2) is 6.80. The maximum Gasteiger partial charge on any atom is 0.124 e. The molecule has 116 valence electrons. The molecule has 1 N–H and O–H groups in total. The van der Waals surface area contributed by atoms with Gasteiger partial charge in [-0.25, -0.2) is 0 Å². The Morgan fingerprint density at radius 2 is 1.95 bits per heavy atom. The minimum atomic E-state index is 0.353. The third-order valence-electron chi connectivity index (χ3n) is 5.19. The van der Waals surface area contributed by atoms with Crippen molar-refractivity contribution in [2.75, 3.05) is 33.3 Å². The maximum absolute atomic E-state index is 5.80. The Bertz CT molecular complexity index is 450. The fourth-order valence-corrected chi connectivity index (χ4v) is 4.14. The lowest BCUT2D eigenvalue weighted by Gasteiger charge is -2.26. The maximum atomic E-state index is 5.80. The Morgan fingerprint density at radius 3 is 2.62 bits per heavy atom. The summed E-state index contributed by atoms with van der Waals surface area (Å²) in [5.74, 6) is 2.95. The molecule has 3 heteroatoms. The van der Waals surface area contributed by atoms with Gasteiger partial charge >= 0.3 is 0 Å². The van der Waals surface area contributed by atoms with E-state index in [1.165, 1.54) is 37.9 Å². The van der Waals surface area contributed by atoms with Crippen LogP contribution in [0.25, 0.3) is 0 Å². The van der Waals surface area contributed by atoms with Crippen LogP contribution in [0.4, 0.5) is 0 Å². The molecule has 3 atom stereocenters. The van der Waals surface area contributed by atoms with Crippen LogP contribution in [0.2, 0.25) is 0 Å². The van der Waals surface area contributed by atoms with Gasteiger partial charge in [0.15, 0.2) is 0 Å². The van der Waals surface area contributed by atoms with E-state index in [1.807, 2.05) is 6.92 Å². The Morgan fingerprint density at radius 1 is 1.24 bits per heavy atom. The smallest absolute Gasteiger partial charge is 0.124 e. The number of nitrogens with one attached hydrogen (secondary N) is 1. The number of likely N-dealkylation sites (tertiary alicyclic amines) is 1. The first-order chi connectivity index (χ1) is 10.3. The van der Waals surface area contributed by atoms with Crippen LogP contribution in [0.5, 0.6) is 5.75 Å². The number of fused-ring (bicyclic) bond motifs is 1. The van der Waals surface area contributed by atoms with Gasteiger partial charge in [-0.05, 0) is 44.7 Å². The van der Waals surface area contributed by atoms with Crippen molar-refractivity contribution in [1.29, 1.82) is 0 Å². The fourth-order valence-electron chi connectivity index (χ4n) is 4.14. The first-order valence-electron chi connectivity index (χ1n) is 8.43. The van der Waals surface area contributed by atoms with Crippen LogP contribution in [0, 0.1) is 11.8 Å². The van der Waals surface area contributed by atoms with Gasteiger partial charge in [-0.2, -0.15) is 0 Å². The molecule has 2 aliphatic rings. The summed E-state index contributed by atoms with van der Waals surface area (Å²) in [6.07, 6.45) is 4.34. The van der Waals surface area contributed by atoms with E-state index in [0.717, 1.165) is 30.7 Å². The van der Waals surface area contributed by atoms with E-state index in [9.17, 15) is 0 Å². The first kappa shape index (κ1) is 14.9. The van der Waals surface area contributed by atoms with Crippen LogP contribution in [0.15, 0.2) is 24.3 Å². The molecule has 1 saturated carbocycles. The molecule has 0 radical (unpaired) electrons. The number of para-hydroxylation sites is 1. The van der Waals surface area contributed by atoms with Crippen LogP contribution in [0.3, 0.4) is 0 Å². The summed E-state index contributed by atoms with van der Waals surface area (Å²) in [7, 11) is 2.06. The van der Waals surface area contributed by atoms with Gasteiger partial charge in [0.2, 0.25) is 0 Å². The first-order valence-corrected chi connectivity index (χ1v) is 8.43. The number of ether oxygens (including phenoxy) is 1. The van der Waals surface area contributed by atoms with Gasteiger partial charge in [-0.1, -0.05) is 24.6 Å². The number of benzene rings is 1. The molecule has 1 aliphatic heterocycles. The van der Waals surface area contributed by atoms with E-state index in [4.69, 9.17) is 4.74 Å². The molecule has 0 spiro atoms. The van der Waals surface area contributed by atoms with Crippen LogP contribution in [0.1, 0.15) is 37.8 Å². The van der Waals surface area contributed by atoms with Crippen LogP contribution < -0.4 is 10.1 Å². The second-order valence-corrected chi connectivity index (χ2v) is 6.48. The Kier molecular flexibility index (Phi) is 4.81. The highest BCUT2D eigenvalue weighted by Crippen LogP contribution is 2.38. The van der Waals surface area contributed by atoms with Gasteiger partial charge in [0, 0.05) is 31.2 Å². The molecule has 3 nitrogen and oxygen atoms in total. The highest BCUT2D eigenvalue weighted by atomic mass is 16.5. The third kappa shape index (κ3) is 3.24. The van der Waals surface area contributed by atoms with E-state index in [-0.39, 0.29) is 0 Å². The minimum absolute atomic E-state index is 0.353. The molecule has 1 heterocycles. The predicted octanol–water partition coefficient (Wildman–Crippen LogP) is 3.08. The zero-order valence-corrected chi connectivity index (χ0v) is 13.3. The average Bonchev–Trinajstić information content (AvgIpc) is 3.07. The molecule has 1 aliphatic carbocycles. The Labute approximate surface area is 128 Å². The highest BCUT2D eigenvalue weighted by molar-refractivity contribution is 5.36. The van der Waals surface area contributed by atoms with E-state index >= 15 is 0 Å². The molecule has 2 fully saturated rings. The topological polar surface area (TPSA) is 24.5 Å². The SMILES string of the molecule is CCOc1ccccc1C(CN1CC2CCCC2C1)NC. The van der Waals surface area contributed by atoms with Gasteiger partial charge in [0.05, 0.1) is 6.61 Å². The minimum Gasteiger partial charge on any atom is -0.494 e. The van der Waals surface area contributed by atoms with E-state index in [2.05, 4.69) is 41.5 Å². The van der Waals surface area contributed by atoms with Crippen LogP contribution >= 0.6 is 0 Å². The van der Waals surface area contributed by atoms with Gasteiger partial charge in [0.25, 0.3) is 0 Å². The zero-order chi connectivity index (χ0) is 14.7. The monoisotopic (exact) mass is 288 g/mol. The fraction of sp³-hybridized carbons (Fsp3) is 0.667. The molecule has 0 aromatic heterocycles. The van der Waals surface area contributed by atoms with Crippen molar-refractivity contribution in [3.8, 4) is 5.75 Å². The molecule has 0 bridgehead atoms. The van der Waals surface area contributed by atoms with Gasteiger partial charge < -0.3 is 15.0 Å². The lowest BCUT2D eigenvalue weighted by Crippen LogP contribution is -2.33. The molecule has 0 amide bonds. The molecule has 1 saturated heterocycles. The largest absolute Gasteiger partial charge is 0.494 e. The van der Waals surface area contributed by atoms with Crippen molar-refractivity contribution in [3.63, 3.8) is 0 Å². The van der Waals surface area contributed by atoms with E-state index in [0.29, 0.717) is 6.04 Å². The summed E-state index contributed by atoms with van der Waals surface area (Å²) in [5, 5.41) is 3.49. The van der Waals surface area contributed by atoms with Gasteiger partial charge in [-0.15, -0.1) is 0 Å². The molecular formula is C18H28N2O. The van der Waals surface area contributed by atoms with Crippen molar-refractivity contribution in [2.45, 2.75) is 32.2 Å². The summed E-state index contributed by atoms with van der Waals surface area (Å²) >= 11 is 0. The van der Waals surface area contributed by atoms with Crippen LogP contribution in [-0.4, -0.2) is 38.2 Å². The van der Waals surface area contributed by atoms with Crippen molar-refractivity contribution >= 4 is 0 Å². The zero-order valence-electron chi connectivity index (χ0n) is 13.3. The summed E-state index contributed by atoms with van der Waals surface area (Å²) in [6.45, 7) is 6.45. The molecule has 21 heavy (non-hydrogen) atoms. The highest BCUT2D eigenvalue weighted by Gasteiger charge is 2.36. The summed E-state index contributed by atoms with van der Waals surface area (Å²) in [5.41, 5.74) is 1.29. The Hall–Kier alpha value is -1.06. The van der Waals surface area contributed by atoms with Crippen LogP contribution in [-0.2, 0) is 0 Å². The number of rotatable bonds is 6. The van der Waals surface area contributed by atoms with Gasteiger partial charge in [-0.3, -0.25) is 0 Å². The molecule has 1 aromatic carbocycles. The number of hydrogen-bond acceptors (Lipinski definition) is 3. The van der Waals surface area contributed by atoms with Gasteiger partial charge in [0.1, 0.15) is 5.75 Å². The summed E-state index contributed by atoms with van der Waals surface area (Å²) in [4.78, 5) is 2.65. The van der Waals surface area contributed by atoms with Crippen molar-refractivity contribution in [3.05, 3.63) is 29.8 Å². The van der Waals surface area contributed by atoms with E-state index in [1.54, 1.807) is 0 Å². The predicted molar refractivity (Wildman–Crippen MR) is 86.7 cm³/mol. The molecule has 3 rings (SSSR count). The van der Waals surface area contributed by atoms with Crippen molar-refractivity contribution in [2.24, 2.45) is 11.8 Å². The average molecular weight is 288 g/mol. The summed E-state index contributed by atoms with van der Waals surface area (Å²) in [6, 6.07) is 8.81. The standard InChI is InChI=1S/C18H28N2O/c1-3-21-18-10-5-4-9-16(18)17(19-2)13-20-11-14-7-6-8-15(14)12-20/h4-5,9-10,14-15,17,19H,3,6-8,11-13H2,1-2H3. The van der Waals surface area contributed by atoms with Crippen molar-refractivity contribution in [1.82, 2.24) is 10.2 Å². The Balaban J connectivity index is 1.68.